The molecule has 0 aliphatic rings. The van der Waals surface area contributed by atoms with Crippen LogP contribution in [0.5, 0.6) is 5.88 Å². The summed E-state index contributed by atoms with van der Waals surface area (Å²) in [6.45, 7) is 1.70. The number of halogens is 2. The van der Waals surface area contributed by atoms with E-state index < -0.39 is 0 Å². The Labute approximate surface area is 183 Å². The Kier molecular flexibility index (Phi) is 5.84. The molecule has 4 aromatic rings. The normalized spacial score (nSPS) is 10.8. The summed E-state index contributed by atoms with van der Waals surface area (Å²) in [6.07, 6.45) is 0. The van der Waals surface area contributed by atoms with Gasteiger partial charge in [-0.15, -0.1) is 0 Å². The number of hydrogen-bond acceptors (Lipinski definition) is 4. The molecular formula is C23H17Cl2N3O2. The number of hydrogen-bond donors (Lipinski definition) is 1. The van der Waals surface area contributed by atoms with Crippen LogP contribution in [-0.4, -0.2) is 15.9 Å². The lowest BCUT2D eigenvalue weighted by molar-refractivity contribution is -0.114. The van der Waals surface area contributed by atoms with Crippen molar-refractivity contribution in [3.8, 4) is 17.1 Å². The zero-order valence-electron chi connectivity index (χ0n) is 16.0. The summed E-state index contributed by atoms with van der Waals surface area (Å²) in [5.74, 6) is 0.187. The summed E-state index contributed by atoms with van der Waals surface area (Å²) in [5.41, 5.74) is 4.18. The molecule has 7 heteroatoms. The second-order valence-electron chi connectivity index (χ2n) is 6.63. The van der Waals surface area contributed by atoms with Crippen LogP contribution >= 0.6 is 23.2 Å². The third-order valence-electron chi connectivity index (χ3n) is 4.39. The fourth-order valence-corrected chi connectivity index (χ4v) is 3.35. The molecule has 0 spiro atoms. The van der Waals surface area contributed by atoms with Gasteiger partial charge in [-0.25, -0.2) is 9.97 Å². The van der Waals surface area contributed by atoms with E-state index in [-0.39, 0.29) is 12.5 Å². The second-order valence-corrected chi connectivity index (χ2v) is 7.44. The van der Waals surface area contributed by atoms with Gasteiger partial charge in [-0.2, -0.15) is 0 Å². The van der Waals surface area contributed by atoms with Gasteiger partial charge in [0.1, 0.15) is 12.3 Å². The molecule has 0 saturated heterocycles. The molecule has 5 nitrogen and oxygen atoms in total. The zero-order chi connectivity index (χ0) is 21.1. The van der Waals surface area contributed by atoms with Crippen molar-refractivity contribution in [3.63, 3.8) is 0 Å². The summed E-state index contributed by atoms with van der Waals surface area (Å²) in [4.78, 5) is 21.1. The van der Waals surface area contributed by atoms with Gasteiger partial charge < -0.3 is 10.1 Å². The zero-order valence-corrected chi connectivity index (χ0v) is 17.5. The predicted octanol–water partition coefficient (Wildman–Crippen LogP) is 6.14. The van der Waals surface area contributed by atoms with Crippen molar-refractivity contribution in [1.82, 2.24) is 9.97 Å². The number of rotatable bonds is 5. The Morgan fingerprint density at radius 3 is 2.37 bits per heavy atom. The van der Waals surface area contributed by atoms with Gasteiger partial charge in [0.25, 0.3) is 0 Å². The molecule has 4 rings (SSSR count). The number of nitrogens with one attached hydrogen (secondary N) is 1. The third kappa shape index (κ3) is 4.37. The summed E-state index contributed by atoms with van der Waals surface area (Å²) < 4.78 is 6.05. The van der Waals surface area contributed by atoms with Crippen LogP contribution in [0.3, 0.4) is 0 Å². The highest BCUT2D eigenvalue weighted by molar-refractivity contribution is 6.42. The van der Waals surface area contributed by atoms with Crippen molar-refractivity contribution in [2.24, 2.45) is 0 Å². The van der Waals surface area contributed by atoms with Gasteiger partial charge in [-0.05, 0) is 35.9 Å². The van der Waals surface area contributed by atoms with Crippen molar-refractivity contribution < 1.29 is 9.53 Å². The Balaban J connectivity index is 1.78. The van der Waals surface area contributed by atoms with E-state index >= 15 is 0 Å². The number of carbonyl (C=O) groups excluding carboxylic acids is 1. The van der Waals surface area contributed by atoms with E-state index in [0.29, 0.717) is 32.8 Å². The lowest BCUT2D eigenvalue weighted by atomic mass is 10.1. The van der Waals surface area contributed by atoms with Crippen LogP contribution in [0.2, 0.25) is 10.0 Å². The molecule has 0 aliphatic carbocycles. The maximum Gasteiger partial charge on any atom is 0.241 e. The quantitative estimate of drug-likeness (QED) is 0.407. The second kappa shape index (κ2) is 8.69. The van der Waals surface area contributed by atoms with Gasteiger partial charge in [0.2, 0.25) is 11.8 Å². The summed E-state index contributed by atoms with van der Waals surface area (Å²) in [6, 6.07) is 20.3. The number of anilines is 1. The number of benzene rings is 3. The molecule has 1 N–H and O–H groups in total. The molecule has 0 aliphatic heterocycles. The number of amides is 1. The van der Waals surface area contributed by atoms with Crippen LogP contribution in [-0.2, 0) is 11.4 Å². The van der Waals surface area contributed by atoms with E-state index in [4.69, 9.17) is 32.9 Å². The van der Waals surface area contributed by atoms with Crippen molar-refractivity contribution in [3.05, 3.63) is 82.3 Å². The van der Waals surface area contributed by atoms with E-state index in [2.05, 4.69) is 10.3 Å². The fraction of sp³-hybridized carbons (Fsp3) is 0.0870. The van der Waals surface area contributed by atoms with E-state index in [9.17, 15) is 4.79 Å². The van der Waals surface area contributed by atoms with Crippen LogP contribution in [0.25, 0.3) is 22.3 Å². The molecule has 0 saturated carbocycles. The highest BCUT2D eigenvalue weighted by Gasteiger charge is 2.16. The summed E-state index contributed by atoms with van der Waals surface area (Å²) in [5, 5.41) is 3.78. The molecular weight excluding hydrogens is 421 g/mol. The Hall–Kier alpha value is -3.15. The lowest BCUT2D eigenvalue weighted by Gasteiger charge is -2.14. The van der Waals surface area contributed by atoms with Crippen molar-refractivity contribution in [2.75, 3.05) is 5.32 Å². The van der Waals surface area contributed by atoms with Crippen molar-refractivity contribution >= 4 is 45.8 Å². The molecule has 3 aromatic carbocycles. The average molecular weight is 438 g/mol. The van der Waals surface area contributed by atoms with Gasteiger partial charge >= 0.3 is 0 Å². The van der Waals surface area contributed by atoms with Crippen LogP contribution < -0.4 is 10.1 Å². The molecule has 150 valence electrons. The minimum absolute atomic E-state index is 0.172. The highest BCUT2D eigenvalue weighted by Crippen LogP contribution is 2.34. The Morgan fingerprint density at radius 1 is 0.933 bits per heavy atom. The Morgan fingerprint density at radius 2 is 1.63 bits per heavy atom. The molecule has 0 atom stereocenters. The minimum Gasteiger partial charge on any atom is -0.471 e. The van der Waals surface area contributed by atoms with E-state index in [1.54, 1.807) is 12.1 Å². The van der Waals surface area contributed by atoms with Gasteiger partial charge in [0, 0.05) is 12.5 Å². The van der Waals surface area contributed by atoms with Gasteiger partial charge in [-0.3, -0.25) is 4.79 Å². The van der Waals surface area contributed by atoms with Crippen LogP contribution in [0.4, 0.5) is 5.69 Å². The number of aromatic nitrogens is 2. The first kappa shape index (κ1) is 20.1. The maximum atomic E-state index is 11.7. The molecule has 1 aromatic heterocycles. The van der Waals surface area contributed by atoms with Crippen molar-refractivity contribution in [2.45, 2.75) is 13.5 Å². The third-order valence-corrected chi connectivity index (χ3v) is 5.13. The average Bonchev–Trinajstić information content (AvgIpc) is 2.74. The van der Waals surface area contributed by atoms with Crippen LogP contribution in [0.15, 0.2) is 66.7 Å². The molecule has 0 fully saturated rings. The first-order valence-electron chi connectivity index (χ1n) is 9.22. The standard InChI is InChI=1S/C23H17Cl2N3O2/c1-14(29)26-19-7-3-2-6-16(19)22-23(28-21-9-5-4-8-20(21)27-22)30-13-15-10-11-17(24)18(25)12-15/h2-12H,13H2,1H3,(H,26,29). The van der Waals surface area contributed by atoms with E-state index in [1.165, 1.54) is 6.92 Å². The van der Waals surface area contributed by atoms with Crippen molar-refractivity contribution in [1.29, 1.82) is 0 Å². The minimum atomic E-state index is -0.172. The van der Waals surface area contributed by atoms with Crippen LogP contribution in [0, 0.1) is 0 Å². The molecule has 1 heterocycles. The van der Waals surface area contributed by atoms with E-state index in [1.807, 2.05) is 54.6 Å². The van der Waals surface area contributed by atoms with E-state index in [0.717, 1.165) is 16.6 Å². The SMILES string of the molecule is CC(=O)Nc1ccccc1-c1nc2ccccc2nc1OCc1ccc(Cl)c(Cl)c1. The van der Waals surface area contributed by atoms with Crippen LogP contribution in [0.1, 0.15) is 12.5 Å². The van der Waals surface area contributed by atoms with Gasteiger partial charge in [0.15, 0.2) is 0 Å². The maximum absolute atomic E-state index is 11.7. The number of ether oxygens (including phenoxy) is 1. The Bertz CT molecular complexity index is 1240. The van der Waals surface area contributed by atoms with Gasteiger partial charge in [-0.1, -0.05) is 59.6 Å². The fourth-order valence-electron chi connectivity index (χ4n) is 3.03. The predicted molar refractivity (Wildman–Crippen MR) is 120 cm³/mol. The number of nitrogens with zero attached hydrogens (tertiary/aromatic N) is 2. The number of para-hydroxylation sites is 3. The molecule has 1 amide bonds. The monoisotopic (exact) mass is 437 g/mol. The highest BCUT2D eigenvalue weighted by atomic mass is 35.5. The first-order valence-corrected chi connectivity index (χ1v) is 9.97. The molecule has 30 heavy (non-hydrogen) atoms. The molecule has 0 unspecified atom stereocenters. The summed E-state index contributed by atoms with van der Waals surface area (Å²) in [7, 11) is 0. The topological polar surface area (TPSA) is 64.1 Å². The van der Waals surface area contributed by atoms with Gasteiger partial charge in [0.05, 0.1) is 26.8 Å². The number of carbonyl (C=O) groups is 1. The first-order chi connectivity index (χ1) is 14.5. The molecule has 0 radical (unpaired) electrons. The number of fused-ring (bicyclic) bond motifs is 1. The smallest absolute Gasteiger partial charge is 0.241 e. The summed E-state index contributed by atoms with van der Waals surface area (Å²) >= 11 is 12.1. The largest absolute Gasteiger partial charge is 0.471 e. The lowest BCUT2D eigenvalue weighted by Crippen LogP contribution is -2.08. The molecule has 0 bridgehead atoms.